The summed E-state index contributed by atoms with van der Waals surface area (Å²) in [7, 11) is 3.16. The second-order valence-corrected chi connectivity index (χ2v) is 38.8. The molecule has 11 atom stereocenters. The van der Waals surface area contributed by atoms with Crippen LogP contribution in [0, 0.1) is 44.9 Å². The molecule has 10 amide bonds. The first-order valence-electron chi connectivity index (χ1n) is 44.4. The number of thiazole rings is 3. The topological polar surface area (TPSA) is 422 Å². The molecule has 5 aliphatic rings. The van der Waals surface area contributed by atoms with Gasteiger partial charge in [-0.1, -0.05) is 158 Å². The molecule has 8 heterocycles. The van der Waals surface area contributed by atoms with E-state index in [1.54, 1.807) is 78.6 Å². The van der Waals surface area contributed by atoms with E-state index in [0.717, 1.165) is 81.8 Å². The normalized spacial score (nSPS) is 19.7. The van der Waals surface area contributed by atoms with Crippen LogP contribution in [0.25, 0.3) is 31.3 Å². The van der Waals surface area contributed by atoms with Crippen LogP contribution in [0.15, 0.2) is 156 Å². The fraction of sp³-hybridized carbons (Fsp3) is 0.434. The van der Waals surface area contributed by atoms with E-state index in [0.29, 0.717) is 48.7 Å². The van der Waals surface area contributed by atoms with E-state index in [9.17, 15) is 78.3 Å². The van der Waals surface area contributed by atoms with Gasteiger partial charge in [0.05, 0.1) is 92.9 Å². The molecule has 4 saturated heterocycles. The molecular formula is C99H121N13O18S3. The molecule has 4 fully saturated rings. The van der Waals surface area contributed by atoms with Gasteiger partial charge in [0, 0.05) is 96.0 Å². The Balaban J connectivity index is 0.000000173. The van der Waals surface area contributed by atoms with Crippen molar-refractivity contribution >= 4 is 99.1 Å². The fourth-order valence-corrected chi connectivity index (χ4v) is 19.6. The molecule has 6 aromatic carbocycles. The predicted octanol–water partition coefficient (Wildman–Crippen LogP) is 10.2. The number of likely N-dealkylation sites (tertiary alicyclic amines) is 4. The minimum atomic E-state index is -1.25. The largest absolute Gasteiger partial charge is 0.497 e. The van der Waals surface area contributed by atoms with Gasteiger partial charge in [0.15, 0.2) is 0 Å². The van der Waals surface area contributed by atoms with Crippen LogP contribution in [0.5, 0.6) is 11.5 Å². The van der Waals surface area contributed by atoms with Gasteiger partial charge in [0.2, 0.25) is 47.3 Å². The second-order valence-electron chi connectivity index (χ2n) is 36.3. The summed E-state index contributed by atoms with van der Waals surface area (Å²) >= 11 is 4.77. The Morgan fingerprint density at radius 1 is 0.549 bits per heavy atom. The molecule has 5 aliphatic heterocycles. The van der Waals surface area contributed by atoms with Crippen LogP contribution in [-0.4, -0.2) is 237 Å². The van der Waals surface area contributed by atoms with Crippen LogP contribution in [0.1, 0.15) is 166 Å². The van der Waals surface area contributed by atoms with Crippen molar-refractivity contribution < 1.29 is 87.7 Å². The smallest absolute Gasteiger partial charge is 0.326 e. The molecule has 133 heavy (non-hydrogen) atoms. The minimum absolute atomic E-state index is 0.0208. The maximum atomic E-state index is 13.8. The summed E-state index contributed by atoms with van der Waals surface area (Å²) < 4.78 is 10.6. The zero-order chi connectivity index (χ0) is 96.6. The number of ether oxygens (including phenoxy) is 2. The number of aliphatic carboxylic acids is 1. The number of para-hydroxylation sites is 1. The third-order valence-electron chi connectivity index (χ3n) is 24.2. The first-order valence-corrected chi connectivity index (χ1v) is 47.0. The Bertz CT molecular complexity index is 5640. The number of aliphatic hydroxyl groups excluding tert-OH is 3. The molecule has 31 nitrogen and oxygen atoms in total. The highest BCUT2D eigenvalue weighted by Gasteiger charge is 2.51. The number of β-amino-alcohol motifs (C(OH)–C–C–N with tert-alkyl or cyclic N) is 4. The van der Waals surface area contributed by atoms with Gasteiger partial charge >= 0.3 is 5.97 Å². The standard InChI is InChI=1S/C32H40N4O5S.C25H27N3O4S.C23H30N4O4S.C19H24N2O5/c1-20-28(42-19-34-20)23-12-10-21(11-13-23)17-33-30(39)25-16-24(37)18-36(25)31(40)29(32(2,3)4)35-27(38)15-14-22-8-6-7-9-26(22)41-5;1-15-10-20(32-3)8-9-21(15)25(31)28-13-19(29)11-22(28)24(30)26-12-17-4-6-18(7-5-17)23-16(2)27-14-33-23;1-13(2)20(26-15(4)28)23(31)27-11-18(29)9-19(27)22(30)24-10-16-5-7-17(8-6-16)21-14(3)25-12-32-21;1-11(2)15(20-9-12-6-4-5-7-13(12)16(20)22)17(23)21-10-19(3,26)8-14(21)18(24)25/h6-13,19,24-25,29,37H,14-18H2,1-5H3,(H,33,39)(H,35,38);4-10,14,19,22,29H,11-13H2,1-3H3,(H,26,30);5-8,12-13,18-20,29H,9-11H2,1-4H3,(H,24,30)(H,26,28);4-7,11,14-15,26H,8-10H2,1-3H3,(H,24,25)/t24-,25+,29-;19-,22+;18-,19+,20+;14-,15-,19+/m1110/s1. The molecule has 0 bridgehead atoms. The number of nitrogens with zero attached hydrogens (tertiary/aromatic N) is 8. The number of hydrogen-bond donors (Lipinski definition) is 10. The maximum absolute atomic E-state index is 13.8. The van der Waals surface area contributed by atoms with E-state index in [1.165, 1.54) is 38.3 Å². The number of fused-ring (bicyclic) bond motifs is 1. The molecule has 34 heteroatoms. The van der Waals surface area contributed by atoms with Crippen molar-refractivity contribution in [3.8, 4) is 42.8 Å². The number of hydrogen-bond acceptors (Lipinski definition) is 23. The lowest BCUT2D eigenvalue weighted by Crippen LogP contribution is -2.57. The average molecular weight is 1880 g/mol. The molecule has 9 aromatic rings. The van der Waals surface area contributed by atoms with Crippen molar-refractivity contribution in [2.24, 2.45) is 17.3 Å². The van der Waals surface area contributed by atoms with Gasteiger partial charge < -0.3 is 86.1 Å². The van der Waals surface area contributed by atoms with Crippen molar-refractivity contribution in [3.63, 3.8) is 0 Å². The zero-order valence-corrected chi connectivity index (χ0v) is 80.1. The molecule has 10 N–H and O–H groups in total. The van der Waals surface area contributed by atoms with Crippen molar-refractivity contribution in [1.29, 1.82) is 0 Å². The number of aryl methyl sites for hydroxylation is 5. The summed E-state index contributed by atoms with van der Waals surface area (Å²) in [5, 5.41) is 64.8. The SMILES string of the molecule is CC(=O)N[C@H](C(=O)N1C[C@H](O)C[C@H]1C(=O)NCc1ccc(-c2scnc2C)cc1)C(C)C.CC(C)[C@@H](C(=O)N1C[C@](C)(O)C[C@H]1C(=O)O)N1Cc2ccccc2C1=O.COc1ccc(C(=O)N2C[C@H](O)C[C@H]2C(=O)NCc2ccc(-c3scnc3C)cc2)c(C)c1.COc1ccccc1CCC(=O)N[C@H](C(=O)N1C[C@H](O)C[C@H]1C(=O)NCc1ccc(-c2scnc2C)cc1)C(C)(C)C. The Hall–Kier alpha value is -12.2. The van der Waals surface area contributed by atoms with Crippen LogP contribution in [0.3, 0.4) is 0 Å². The Morgan fingerprint density at radius 3 is 1.41 bits per heavy atom. The van der Waals surface area contributed by atoms with E-state index < -0.39 is 83.5 Å². The molecular weight excluding hydrogens is 1760 g/mol. The van der Waals surface area contributed by atoms with E-state index in [1.807, 2.05) is 202 Å². The number of amides is 10. The first kappa shape index (κ1) is 101. The van der Waals surface area contributed by atoms with E-state index >= 15 is 0 Å². The molecule has 0 unspecified atom stereocenters. The zero-order valence-electron chi connectivity index (χ0n) is 77.7. The molecule has 0 spiro atoms. The number of methoxy groups -OCH3 is 2. The van der Waals surface area contributed by atoms with Crippen LogP contribution >= 0.6 is 34.0 Å². The fourth-order valence-electron chi connectivity index (χ4n) is 17.1. The monoisotopic (exact) mass is 1880 g/mol. The van der Waals surface area contributed by atoms with E-state index in [-0.39, 0.29) is 130 Å². The highest BCUT2D eigenvalue weighted by atomic mass is 32.1. The summed E-state index contributed by atoms with van der Waals surface area (Å²) in [6.07, 6.45) is -1.19. The molecule has 0 saturated carbocycles. The molecule has 0 radical (unpaired) electrons. The highest BCUT2D eigenvalue weighted by molar-refractivity contribution is 7.14. The van der Waals surface area contributed by atoms with Gasteiger partial charge in [-0.15, -0.1) is 34.0 Å². The highest BCUT2D eigenvalue weighted by Crippen LogP contribution is 2.37. The van der Waals surface area contributed by atoms with Crippen molar-refractivity contribution in [3.05, 3.63) is 218 Å². The quantitative estimate of drug-likeness (QED) is 0.0229. The lowest BCUT2D eigenvalue weighted by Gasteiger charge is -2.35. The Morgan fingerprint density at radius 2 is 1.00 bits per heavy atom. The van der Waals surface area contributed by atoms with Crippen LogP contribution in [-0.2, 0) is 75.8 Å². The van der Waals surface area contributed by atoms with Crippen LogP contribution in [0.2, 0.25) is 0 Å². The van der Waals surface area contributed by atoms with Crippen LogP contribution < -0.4 is 36.1 Å². The van der Waals surface area contributed by atoms with E-state index in [4.69, 9.17) is 9.47 Å². The van der Waals surface area contributed by atoms with Crippen LogP contribution in [0.4, 0.5) is 0 Å². The molecule has 3 aromatic heterocycles. The lowest BCUT2D eigenvalue weighted by atomic mass is 9.85. The van der Waals surface area contributed by atoms with Gasteiger partial charge in [0.25, 0.3) is 11.8 Å². The number of benzene rings is 6. The van der Waals surface area contributed by atoms with Gasteiger partial charge in [0.1, 0.15) is 53.8 Å². The molecule has 14 rings (SSSR count). The maximum Gasteiger partial charge on any atom is 0.326 e. The number of aliphatic hydroxyl groups is 4. The van der Waals surface area contributed by atoms with Crippen molar-refractivity contribution in [2.45, 2.75) is 221 Å². The first-order chi connectivity index (χ1) is 63.1. The number of rotatable bonds is 27. The van der Waals surface area contributed by atoms with Crippen molar-refractivity contribution in [1.82, 2.24) is 66.0 Å². The third-order valence-corrected chi connectivity index (χ3v) is 27.1. The minimum Gasteiger partial charge on any atom is -0.497 e. The Labute approximate surface area is 787 Å². The average Bonchev–Trinajstić information content (AvgIpc) is 1.64. The molecule has 0 aliphatic carbocycles. The number of carbonyl (C=O) groups excluding carboxylic acids is 10. The van der Waals surface area contributed by atoms with Gasteiger partial charge in [-0.3, -0.25) is 47.9 Å². The predicted molar refractivity (Wildman–Crippen MR) is 506 cm³/mol. The third kappa shape index (κ3) is 25.6. The van der Waals surface area contributed by atoms with Gasteiger partial charge in [-0.25, -0.2) is 19.7 Å². The number of nitrogens with one attached hydrogen (secondary N) is 5. The number of carboxylic acid groups (broad SMARTS) is 1. The summed E-state index contributed by atoms with van der Waals surface area (Å²) in [6.45, 7) is 25.0. The summed E-state index contributed by atoms with van der Waals surface area (Å²) in [4.78, 5) is 164. The number of carboxylic acids is 1. The van der Waals surface area contributed by atoms with Crippen molar-refractivity contribution in [2.75, 3.05) is 40.4 Å². The lowest BCUT2D eigenvalue weighted by molar-refractivity contribution is -0.150. The molecule has 708 valence electrons. The van der Waals surface area contributed by atoms with Gasteiger partial charge in [-0.2, -0.15) is 0 Å². The number of carbonyl (C=O) groups is 11. The summed E-state index contributed by atoms with van der Waals surface area (Å²) in [5.74, 6) is -3.26. The van der Waals surface area contributed by atoms with Gasteiger partial charge in [-0.05, 0) is 139 Å². The second kappa shape index (κ2) is 45.0. The summed E-state index contributed by atoms with van der Waals surface area (Å²) in [5.41, 5.74) is 16.2. The Kier molecular flexibility index (Phi) is 34.3. The number of aromatic nitrogens is 3. The summed E-state index contributed by atoms with van der Waals surface area (Å²) in [6, 6.07) is 37.9. The van der Waals surface area contributed by atoms with E-state index in [2.05, 4.69) is 41.5 Å².